The number of nitrogens with zero attached hydrogens (tertiary/aromatic N) is 2. The van der Waals surface area contributed by atoms with Gasteiger partial charge in [0.1, 0.15) is 11.4 Å². The Hall–Kier alpha value is -2.95. The van der Waals surface area contributed by atoms with E-state index >= 15 is 0 Å². The summed E-state index contributed by atoms with van der Waals surface area (Å²) in [5.41, 5.74) is -3.00. The Kier molecular flexibility index (Phi) is 6.76. The second-order valence-electron chi connectivity index (χ2n) is 10.3. The van der Waals surface area contributed by atoms with Crippen LogP contribution >= 0.6 is 0 Å². The van der Waals surface area contributed by atoms with E-state index in [1.807, 2.05) is 0 Å². The molecule has 6 nitrogen and oxygen atoms in total. The van der Waals surface area contributed by atoms with Crippen LogP contribution in [0.2, 0.25) is 0 Å². The monoisotopic (exact) mass is 524 g/mol. The van der Waals surface area contributed by atoms with Crippen LogP contribution in [0, 0.1) is 11.7 Å². The third-order valence-corrected chi connectivity index (χ3v) is 8.05. The molecule has 0 spiro atoms. The van der Waals surface area contributed by atoms with E-state index in [0.29, 0.717) is 5.92 Å². The fraction of sp³-hybridized carbons (Fsp3) is 0.538. The number of pyridine rings is 1. The summed E-state index contributed by atoms with van der Waals surface area (Å²) in [7, 11) is 0. The Morgan fingerprint density at radius 3 is 2.35 bits per heavy atom. The van der Waals surface area contributed by atoms with Gasteiger partial charge in [-0.2, -0.15) is 0 Å². The van der Waals surface area contributed by atoms with Crippen LogP contribution in [0.25, 0.3) is 0 Å². The van der Waals surface area contributed by atoms with E-state index in [4.69, 9.17) is 0 Å². The summed E-state index contributed by atoms with van der Waals surface area (Å²) in [6.07, 6.45) is -2.48. The van der Waals surface area contributed by atoms with E-state index in [2.05, 4.69) is 15.5 Å². The lowest BCUT2D eigenvalue weighted by molar-refractivity contribution is 0.0648. The molecule has 6 rings (SSSR count). The average molecular weight is 525 g/mol. The summed E-state index contributed by atoms with van der Waals surface area (Å²) in [5, 5.41) is 5.90. The van der Waals surface area contributed by atoms with Gasteiger partial charge in [-0.3, -0.25) is 9.59 Å². The van der Waals surface area contributed by atoms with E-state index in [0.717, 1.165) is 49.3 Å². The molecule has 11 heteroatoms. The highest BCUT2D eigenvalue weighted by molar-refractivity contribution is 5.99. The third kappa shape index (κ3) is 4.73. The number of anilines is 1. The van der Waals surface area contributed by atoms with Crippen LogP contribution in [0.1, 0.15) is 66.6 Å². The lowest BCUT2D eigenvalue weighted by Crippen LogP contribution is -2.53. The number of hydrogen-bond donors (Lipinski definition) is 2. The molecule has 4 heterocycles. The van der Waals surface area contributed by atoms with Gasteiger partial charge in [0.05, 0.1) is 22.9 Å². The summed E-state index contributed by atoms with van der Waals surface area (Å²) in [6.45, 7) is 4.15. The molecule has 1 saturated carbocycles. The highest BCUT2D eigenvalue weighted by Gasteiger charge is 2.53. The molecule has 1 amide bonds. The van der Waals surface area contributed by atoms with Crippen LogP contribution in [-0.4, -0.2) is 47.5 Å². The van der Waals surface area contributed by atoms with E-state index in [1.54, 1.807) is 0 Å². The van der Waals surface area contributed by atoms with E-state index in [1.165, 1.54) is 25.1 Å². The van der Waals surface area contributed by atoms with Crippen molar-refractivity contribution in [2.24, 2.45) is 5.92 Å². The molecule has 1 unspecified atom stereocenters. The maximum atomic E-state index is 14.7. The van der Waals surface area contributed by atoms with Crippen LogP contribution in [0.15, 0.2) is 35.3 Å². The van der Waals surface area contributed by atoms with Crippen LogP contribution in [0.3, 0.4) is 0 Å². The fourth-order valence-electron chi connectivity index (χ4n) is 5.63. The molecule has 2 atom stereocenters. The smallest absolute Gasteiger partial charge is 0.266 e. The molecular weight excluding hydrogens is 495 g/mol. The molecule has 2 aromatic rings. The predicted molar refractivity (Wildman–Crippen MR) is 128 cm³/mol. The zero-order valence-electron chi connectivity index (χ0n) is 20.3. The van der Waals surface area contributed by atoms with Crippen LogP contribution in [-0.2, 0) is 5.54 Å². The van der Waals surface area contributed by atoms with Crippen molar-refractivity contribution < 1.29 is 26.7 Å². The highest BCUT2D eigenvalue weighted by Crippen LogP contribution is 2.48. The molecular formula is C26H29F5N4O2. The van der Waals surface area contributed by atoms with Crippen molar-refractivity contribution in [1.29, 1.82) is 0 Å². The molecule has 3 aliphatic heterocycles. The van der Waals surface area contributed by atoms with Crippen molar-refractivity contribution in [2.75, 3.05) is 25.0 Å². The number of carbonyl (C=O) groups is 1. The van der Waals surface area contributed by atoms with E-state index in [-0.39, 0.29) is 35.7 Å². The number of hydrogen-bond acceptors (Lipinski definition) is 4. The number of benzene rings is 1. The predicted octanol–water partition coefficient (Wildman–Crippen LogP) is 4.68. The SMILES string of the molecule is CC(NC(=O)c1cn(C2(C(F)F)CC2)c(=O)cc1N[C@@H]1CN2CCC1CC2)c1cccc(C(F)F)c1F. The minimum absolute atomic E-state index is 0.0214. The maximum Gasteiger partial charge on any atom is 0.266 e. The van der Waals surface area contributed by atoms with Gasteiger partial charge in [-0.1, -0.05) is 18.2 Å². The van der Waals surface area contributed by atoms with Crippen LogP contribution in [0.4, 0.5) is 27.6 Å². The van der Waals surface area contributed by atoms with Crippen molar-refractivity contribution in [3.05, 3.63) is 63.3 Å². The number of rotatable bonds is 8. The number of halogens is 5. The largest absolute Gasteiger partial charge is 0.380 e. The molecule has 37 heavy (non-hydrogen) atoms. The minimum atomic E-state index is -3.02. The fourth-order valence-corrected chi connectivity index (χ4v) is 5.63. The molecule has 1 aromatic heterocycles. The Morgan fingerprint density at radius 2 is 1.78 bits per heavy atom. The first-order valence-electron chi connectivity index (χ1n) is 12.5. The van der Waals surface area contributed by atoms with Crippen molar-refractivity contribution in [3.8, 4) is 0 Å². The Morgan fingerprint density at radius 1 is 1.11 bits per heavy atom. The van der Waals surface area contributed by atoms with Crippen molar-refractivity contribution >= 4 is 11.6 Å². The van der Waals surface area contributed by atoms with Gasteiger partial charge in [0.25, 0.3) is 24.3 Å². The van der Waals surface area contributed by atoms with Gasteiger partial charge in [0.15, 0.2) is 0 Å². The summed E-state index contributed by atoms with van der Waals surface area (Å²) in [5.74, 6) is -1.49. The normalized spacial score (nSPS) is 24.8. The van der Waals surface area contributed by atoms with E-state index in [9.17, 15) is 31.5 Å². The topological polar surface area (TPSA) is 66.4 Å². The van der Waals surface area contributed by atoms with E-state index < -0.39 is 47.3 Å². The number of aromatic nitrogens is 1. The molecule has 0 radical (unpaired) electrons. The number of nitrogens with one attached hydrogen (secondary N) is 2. The molecule has 2 N–H and O–H groups in total. The number of piperidine rings is 3. The molecule has 1 aliphatic carbocycles. The van der Waals surface area contributed by atoms with Gasteiger partial charge in [0.2, 0.25) is 0 Å². The van der Waals surface area contributed by atoms with Gasteiger partial charge >= 0.3 is 0 Å². The molecule has 3 saturated heterocycles. The van der Waals surface area contributed by atoms with Gasteiger partial charge in [-0.05, 0) is 51.6 Å². The second kappa shape index (κ2) is 9.74. The quantitative estimate of drug-likeness (QED) is 0.493. The maximum absolute atomic E-state index is 14.7. The average Bonchev–Trinajstić information content (AvgIpc) is 3.67. The molecule has 4 fully saturated rings. The lowest BCUT2D eigenvalue weighted by atomic mass is 9.84. The first-order chi connectivity index (χ1) is 17.6. The van der Waals surface area contributed by atoms with Gasteiger partial charge < -0.3 is 20.1 Å². The van der Waals surface area contributed by atoms with Crippen LogP contribution < -0.4 is 16.2 Å². The molecule has 1 aromatic carbocycles. The van der Waals surface area contributed by atoms with Crippen molar-refractivity contribution in [3.63, 3.8) is 0 Å². The van der Waals surface area contributed by atoms with Crippen molar-refractivity contribution in [1.82, 2.24) is 14.8 Å². The highest BCUT2D eigenvalue weighted by atomic mass is 19.3. The first kappa shape index (κ1) is 25.7. The number of fused-ring (bicyclic) bond motifs is 3. The molecule has 4 aliphatic rings. The van der Waals surface area contributed by atoms with Gasteiger partial charge in [0, 0.05) is 30.4 Å². The third-order valence-electron chi connectivity index (χ3n) is 8.05. The lowest BCUT2D eigenvalue weighted by Gasteiger charge is -2.45. The van der Waals surface area contributed by atoms with Crippen molar-refractivity contribution in [2.45, 2.75) is 63.1 Å². The first-order valence-corrected chi connectivity index (χ1v) is 12.5. The summed E-state index contributed by atoms with van der Waals surface area (Å²) in [4.78, 5) is 28.6. The summed E-state index contributed by atoms with van der Waals surface area (Å²) < 4.78 is 69.6. The zero-order chi connectivity index (χ0) is 26.5. The zero-order valence-corrected chi connectivity index (χ0v) is 20.3. The number of carbonyl (C=O) groups excluding carboxylic acids is 1. The number of amides is 1. The summed E-state index contributed by atoms with van der Waals surface area (Å²) in [6, 6.07) is 3.71. The van der Waals surface area contributed by atoms with Crippen LogP contribution in [0.5, 0.6) is 0 Å². The number of alkyl halides is 4. The Labute approximate surface area is 210 Å². The van der Waals surface area contributed by atoms with Gasteiger partial charge in [-0.25, -0.2) is 22.0 Å². The minimum Gasteiger partial charge on any atom is -0.380 e. The molecule has 2 bridgehead atoms. The van der Waals surface area contributed by atoms with Gasteiger partial charge in [-0.15, -0.1) is 0 Å². The molecule has 200 valence electrons. The second-order valence-corrected chi connectivity index (χ2v) is 10.3. The summed E-state index contributed by atoms with van der Waals surface area (Å²) >= 11 is 0. The Bertz CT molecular complexity index is 1240. The Balaban J connectivity index is 1.48. The standard InChI is InChI=1S/C26H29F5N4O2/c1-14(16-3-2-4-17(22(16)27)23(28)29)32-24(37)18-12-35(26(7-8-26)25(30)31)21(36)11-19(18)33-20-13-34-9-5-15(20)6-10-34/h2-4,11-12,14-15,20,23,25,33H,5-10,13H2,1H3,(H,32,37)/t14?,20-/m1/s1.